The van der Waals surface area contributed by atoms with Crippen molar-refractivity contribution in [2.24, 2.45) is 0 Å². The van der Waals surface area contributed by atoms with Gasteiger partial charge in [0.25, 0.3) is 0 Å². The summed E-state index contributed by atoms with van der Waals surface area (Å²) in [6, 6.07) is 0. The van der Waals surface area contributed by atoms with Crippen LogP contribution < -0.4 is 5.32 Å². The standard InChI is InChI=1S/C8H15NO4/c1-6(10)5-9-7(11)3-2-4-8(12)13/h6,10H,2-5H2,1H3,(H,9,11)(H,12,13)/t6-/m0/s1. The van der Waals surface area contributed by atoms with Crippen LogP contribution in [0.4, 0.5) is 0 Å². The summed E-state index contributed by atoms with van der Waals surface area (Å²) in [5, 5.41) is 19.6. The van der Waals surface area contributed by atoms with Crippen LogP contribution in [0.2, 0.25) is 0 Å². The van der Waals surface area contributed by atoms with Crippen molar-refractivity contribution in [2.75, 3.05) is 6.54 Å². The number of aliphatic hydroxyl groups is 1. The van der Waals surface area contributed by atoms with Crippen molar-refractivity contribution in [3.05, 3.63) is 0 Å². The maximum atomic E-state index is 10.9. The Morgan fingerprint density at radius 1 is 1.38 bits per heavy atom. The lowest BCUT2D eigenvalue weighted by Gasteiger charge is -2.05. The van der Waals surface area contributed by atoms with Gasteiger partial charge in [-0.15, -0.1) is 0 Å². The van der Waals surface area contributed by atoms with E-state index in [2.05, 4.69) is 5.32 Å². The Morgan fingerprint density at radius 2 is 2.00 bits per heavy atom. The van der Waals surface area contributed by atoms with Crippen molar-refractivity contribution < 1.29 is 19.8 Å². The van der Waals surface area contributed by atoms with E-state index in [-0.39, 0.29) is 25.3 Å². The summed E-state index contributed by atoms with van der Waals surface area (Å²) < 4.78 is 0. The molecule has 1 amide bonds. The van der Waals surface area contributed by atoms with E-state index < -0.39 is 12.1 Å². The highest BCUT2D eigenvalue weighted by molar-refractivity contribution is 5.76. The van der Waals surface area contributed by atoms with Crippen LogP contribution in [-0.4, -0.2) is 34.7 Å². The van der Waals surface area contributed by atoms with Crippen molar-refractivity contribution in [3.8, 4) is 0 Å². The highest BCUT2D eigenvalue weighted by Crippen LogP contribution is 1.94. The second-order valence-corrected chi connectivity index (χ2v) is 2.90. The molecule has 0 aliphatic carbocycles. The molecule has 13 heavy (non-hydrogen) atoms. The molecule has 0 spiro atoms. The van der Waals surface area contributed by atoms with E-state index in [1.165, 1.54) is 0 Å². The first kappa shape index (κ1) is 11.9. The number of aliphatic carboxylic acids is 1. The summed E-state index contributed by atoms with van der Waals surface area (Å²) >= 11 is 0. The fourth-order valence-electron chi connectivity index (χ4n) is 0.750. The molecule has 0 aromatic rings. The van der Waals surface area contributed by atoms with Crippen LogP contribution >= 0.6 is 0 Å². The molecule has 1 atom stereocenters. The van der Waals surface area contributed by atoms with Crippen LogP contribution in [-0.2, 0) is 9.59 Å². The lowest BCUT2D eigenvalue weighted by Crippen LogP contribution is -2.30. The molecule has 0 unspecified atom stereocenters. The van der Waals surface area contributed by atoms with E-state index >= 15 is 0 Å². The number of hydrogen-bond donors (Lipinski definition) is 3. The highest BCUT2D eigenvalue weighted by atomic mass is 16.4. The summed E-state index contributed by atoms with van der Waals surface area (Å²) in [7, 11) is 0. The molecule has 0 rings (SSSR count). The number of carbonyl (C=O) groups excluding carboxylic acids is 1. The van der Waals surface area contributed by atoms with Crippen LogP contribution in [0.25, 0.3) is 0 Å². The van der Waals surface area contributed by atoms with Gasteiger partial charge in [0.05, 0.1) is 6.10 Å². The number of hydrogen-bond acceptors (Lipinski definition) is 3. The Hall–Kier alpha value is -1.10. The van der Waals surface area contributed by atoms with Crippen molar-refractivity contribution in [1.82, 2.24) is 5.32 Å². The Balaban J connectivity index is 3.35. The summed E-state index contributed by atoms with van der Waals surface area (Å²) in [5.74, 6) is -1.12. The van der Waals surface area contributed by atoms with Crippen molar-refractivity contribution >= 4 is 11.9 Å². The van der Waals surface area contributed by atoms with Crippen LogP contribution in [0, 0.1) is 0 Å². The molecule has 0 radical (unpaired) electrons. The van der Waals surface area contributed by atoms with Crippen LogP contribution in [0.3, 0.4) is 0 Å². The van der Waals surface area contributed by atoms with Crippen LogP contribution in [0.5, 0.6) is 0 Å². The number of amides is 1. The van der Waals surface area contributed by atoms with Crippen LogP contribution in [0.1, 0.15) is 26.2 Å². The maximum absolute atomic E-state index is 10.9. The van der Waals surface area contributed by atoms with Gasteiger partial charge in [-0.3, -0.25) is 9.59 Å². The zero-order chi connectivity index (χ0) is 10.3. The van der Waals surface area contributed by atoms with Crippen LogP contribution in [0.15, 0.2) is 0 Å². The molecule has 0 aromatic heterocycles. The molecule has 0 aromatic carbocycles. The highest BCUT2D eigenvalue weighted by Gasteiger charge is 2.04. The molecule has 0 bridgehead atoms. The Morgan fingerprint density at radius 3 is 2.46 bits per heavy atom. The fraction of sp³-hybridized carbons (Fsp3) is 0.750. The van der Waals surface area contributed by atoms with Crippen molar-refractivity contribution in [1.29, 1.82) is 0 Å². The number of aliphatic hydroxyl groups excluding tert-OH is 1. The monoisotopic (exact) mass is 189 g/mol. The van der Waals surface area contributed by atoms with E-state index in [1.807, 2.05) is 0 Å². The van der Waals surface area contributed by atoms with Crippen molar-refractivity contribution in [2.45, 2.75) is 32.3 Å². The molecule has 0 aliphatic heterocycles. The smallest absolute Gasteiger partial charge is 0.303 e. The molecule has 0 heterocycles. The molecule has 0 aliphatic rings. The Labute approximate surface area is 76.8 Å². The Kier molecular flexibility index (Phi) is 5.88. The average Bonchev–Trinajstić information content (AvgIpc) is 2.00. The third-order valence-electron chi connectivity index (χ3n) is 1.39. The molecule has 0 fully saturated rings. The lowest BCUT2D eigenvalue weighted by atomic mass is 10.2. The third kappa shape index (κ3) is 8.81. The quantitative estimate of drug-likeness (QED) is 0.537. The van der Waals surface area contributed by atoms with Gasteiger partial charge in [0.1, 0.15) is 0 Å². The van der Waals surface area contributed by atoms with E-state index in [9.17, 15) is 9.59 Å². The number of nitrogens with one attached hydrogen (secondary N) is 1. The van der Waals surface area contributed by atoms with Gasteiger partial charge >= 0.3 is 5.97 Å². The zero-order valence-corrected chi connectivity index (χ0v) is 7.62. The van der Waals surface area contributed by atoms with Gasteiger partial charge in [-0.1, -0.05) is 0 Å². The summed E-state index contributed by atoms with van der Waals surface area (Å²) in [5.41, 5.74) is 0. The molecule has 5 heteroatoms. The number of rotatable bonds is 6. The van der Waals surface area contributed by atoms with E-state index in [0.29, 0.717) is 6.42 Å². The van der Waals surface area contributed by atoms with Crippen molar-refractivity contribution in [3.63, 3.8) is 0 Å². The minimum absolute atomic E-state index is 0.00208. The normalized spacial score (nSPS) is 12.2. The Bertz CT molecular complexity index is 179. The molecule has 5 nitrogen and oxygen atoms in total. The first-order chi connectivity index (χ1) is 6.02. The maximum Gasteiger partial charge on any atom is 0.303 e. The second kappa shape index (κ2) is 6.42. The largest absolute Gasteiger partial charge is 0.481 e. The van der Waals surface area contributed by atoms with Gasteiger partial charge < -0.3 is 15.5 Å². The number of carbonyl (C=O) groups is 2. The predicted octanol–water partition coefficient (Wildman–Crippen LogP) is -0.262. The average molecular weight is 189 g/mol. The molecule has 0 saturated heterocycles. The summed E-state index contributed by atoms with van der Waals surface area (Å²) in [6.07, 6.45) is -0.0364. The molecular formula is C8H15NO4. The van der Waals surface area contributed by atoms with Gasteiger partial charge in [0.15, 0.2) is 0 Å². The third-order valence-corrected chi connectivity index (χ3v) is 1.39. The van der Waals surface area contributed by atoms with Gasteiger partial charge in [0, 0.05) is 19.4 Å². The van der Waals surface area contributed by atoms with E-state index in [0.717, 1.165) is 0 Å². The summed E-state index contributed by atoms with van der Waals surface area (Å²) in [4.78, 5) is 21.0. The first-order valence-electron chi connectivity index (χ1n) is 4.19. The minimum atomic E-state index is -0.900. The molecular weight excluding hydrogens is 174 g/mol. The zero-order valence-electron chi connectivity index (χ0n) is 7.62. The van der Waals surface area contributed by atoms with Gasteiger partial charge in [-0.25, -0.2) is 0 Å². The molecule has 0 saturated carbocycles. The minimum Gasteiger partial charge on any atom is -0.481 e. The van der Waals surface area contributed by atoms with E-state index in [1.54, 1.807) is 6.92 Å². The predicted molar refractivity (Wildman–Crippen MR) is 46.2 cm³/mol. The lowest BCUT2D eigenvalue weighted by molar-refractivity contribution is -0.137. The fourth-order valence-corrected chi connectivity index (χ4v) is 0.750. The first-order valence-corrected chi connectivity index (χ1v) is 4.19. The SMILES string of the molecule is C[C@H](O)CNC(=O)CCCC(=O)O. The molecule has 3 N–H and O–H groups in total. The topological polar surface area (TPSA) is 86.6 Å². The summed E-state index contributed by atoms with van der Waals surface area (Å²) in [6.45, 7) is 1.78. The molecule has 76 valence electrons. The van der Waals surface area contributed by atoms with Gasteiger partial charge in [-0.2, -0.15) is 0 Å². The number of carboxylic acid groups (broad SMARTS) is 1. The van der Waals surface area contributed by atoms with Gasteiger partial charge in [-0.05, 0) is 13.3 Å². The second-order valence-electron chi connectivity index (χ2n) is 2.90. The number of carboxylic acids is 1. The van der Waals surface area contributed by atoms with E-state index in [4.69, 9.17) is 10.2 Å². The van der Waals surface area contributed by atoms with Gasteiger partial charge in [0.2, 0.25) is 5.91 Å².